The molecular weight excluding hydrogens is 366 g/mol. The van der Waals surface area contributed by atoms with Crippen molar-refractivity contribution in [2.24, 2.45) is 0 Å². The Labute approximate surface area is 161 Å². The summed E-state index contributed by atoms with van der Waals surface area (Å²) in [5.74, 6) is 1.65. The van der Waals surface area contributed by atoms with E-state index in [-0.39, 0.29) is 13.2 Å². The molecule has 3 aromatic rings. The van der Waals surface area contributed by atoms with Crippen LogP contribution >= 0.6 is 11.6 Å². The highest BCUT2D eigenvalue weighted by Gasteiger charge is 2.13. The highest BCUT2D eigenvalue weighted by atomic mass is 35.5. The van der Waals surface area contributed by atoms with Gasteiger partial charge in [-0.05, 0) is 35.9 Å². The van der Waals surface area contributed by atoms with Crippen molar-refractivity contribution < 1.29 is 9.84 Å². The maximum atomic E-state index is 9.48. The summed E-state index contributed by atoms with van der Waals surface area (Å²) >= 11 is 5.98. The largest absolute Gasteiger partial charge is 0.491 e. The summed E-state index contributed by atoms with van der Waals surface area (Å²) in [6, 6.07) is 16.8. The van der Waals surface area contributed by atoms with Crippen molar-refractivity contribution in [3.05, 3.63) is 64.7 Å². The van der Waals surface area contributed by atoms with Gasteiger partial charge in [-0.15, -0.1) is 0 Å². The van der Waals surface area contributed by atoms with Crippen LogP contribution in [0.5, 0.6) is 5.75 Å². The number of aliphatic hydroxyl groups excluding tert-OH is 1. The van der Waals surface area contributed by atoms with Gasteiger partial charge < -0.3 is 20.5 Å². The second-order valence-corrected chi connectivity index (χ2v) is 6.08. The van der Waals surface area contributed by atoms with Gasteiger partial charge in [-0.1, -0.05) is 29.8 Å². The van der Waals surface area contributed by atoms with Crippen LogP contribution in [-0.2, 0) is 6.54 Å². The number of H-pyrrole nitrogens is 1. The summed E-state index contributed by atoms with van der Waals surface area (Å²) in [6.45, 7) is 0.736. The maximum Gasteiger partial charge on any atom is 0.168 e. The van der Waals surface area contributed by atoms with Crippen molar-refractivity contribution in [3.8, 4) is 11.8 Å². The van der Waals surface area contributed by atoms with Crippen LogP contribution < -0.4 is 15.4 Å². The molecule has 0 aliphatic heterocycles. The second-order valence-electron chi connectivity index (χ2n) is 5.64. The van der Waals surface area contributed by atoms with Crippen LogP contribution in [0.1, 0.15) is 11.1 Å². The van der Waals surface area contributed by atoms with Crippen LogP contribution in [0, 0.1) is 11.3 Å². The van der Waals surface area contributed by atoms with Gasteiger partial charge >= 0.3 is 0 Å². The lowest BCUT2D eigenvalue weighted by Gasteiger charge is -2.07. The quantitative estimate of drug-likeness (QED) is 0.473. The minimum absolute atomic E-state index is 0.0229. The molecule has 0 spiro atoms. The van der Waals surface area contributed by atoms with E-state index in [0.717, 1.165) is 11.3 Å². The zero-order chi connectivity index (χ0) is 19.1. The second kappa shape index (κ2) is 8.94. The first-order chi connectivity index (χ1) is 13.2. The predicted octanol–water partition coefficient (Wildman–Crippen LogP) is 3.66. The van der Waals surface area contributed by atoms with Gasteiger partial charge in [0.2, 0.25) is 0 Å². The number of rotatable bonds is 8. The van der Waals surface area contributed by atoms with Crippen molar-refractivity contribution >= 4 is 28.9 Å². The third-order valence-electron chi connectivity index (χ3n) is 3.72. The number of benzene rings is 2. The number of aromatic amines is 1. The topological polar surface area (TPSA) is 106 Å². The van der Waals surface area contributed by atoms with E-state index in [4.69, 9.17) is 21.4 Å². The fourth-order valence-corrected chi connectivity index (χ4v) is 2.62. The molecule has 27 heavy (non-hydrogen) atoms. The average Bonchev–Trinajstić information content (AvgIpc) is 3.07. The van der Waals surface area contributed by atoms with Gasteiger partial charge in [0.15, 0.2) is 5.82 Å². The number of nitriles is 1. The normalized spacial score (nSPS) is 10.3. The van der Waals surface area contributed by atoms with Crippen LogP contribution in [0.4, 0.5) is 17.3 Å². The van der Waals surface area contributed by atoms with E-state index in [2.05, 4.69) is 26.9 Å². The van der Waals surface area contributed by atoms with Gasteiger partial charge in [-0.3, -0.25) is 5.10 Å². The average molecular weight is 384 g/mol. The lowest BCUT2D eigenvalue weighted by atomic mass is 10.2. The summed E-state index contributed by atoms with van der Waals surface area (Å²) in [6.07, 6.45) is 0. The van der Waals surface area contributed by atoms with E-state index in [9.17, 15) is 5.26 Å². The Morgan fingerprint density at radius 3 is 2.74 bits per heavy atom. The number of halogens is 1. The Hall–Kier alpha value is -3.21. The molecule has 3 rings (SSSR count). The third kappa shape index (κ3) is 4.91. The van der Waals surface area contributed by atoms with Gasteiger partial charge in [0.25, 0.3) is 0 Å². The number of anilines is 3. The molecular formula is C19H18ClN5O2. The first kappa shape index (κ1) is 18.6. The SMILES string of the molecule is N#Cc1c(NCc2ccc(OCCO)cc2)n[nH]c1Nc1cccc(Cl)c1. The molecule has 0 aliphatic rings. The van der Waals surface area contributed by atoms with Crippen LogP contribution in [0.2, 0.25) is 5.02 Å². The van der Waals surface area contributed by atoms with Crippen molar-refractivity contribution in [2.75, 3.05) is 23.8 Å². The first-order valence-corrected chi connectivity index (χ1v) is 8.65. The first-order valence-electron chi connectivity index (χ1n) is 8.27. The summed E-state index contributed by atoms with van der Waals surface area (Å²) in [4.78, 5) is 0. The van der Waals surface area contributed by atoms with E-state index < -0.39 is 0 Å². The number of aliphatic hydroxyl groups is 1. The lowest BCUT2D eigenvalue weighted by molar-refractivity contribution is 0.201. The Kier molecular flexibility index (Phi) is 6.15. The van der Waals surface area contributed by atoms with Crippen LogP contribution in [0.25, 0.3) is 0 Å². The molecule has 7 nitrogen and oxygen atoms in total. The highest BCUT2D eigenvalue weighted by Crippen LogP contribution is 2.25. The number of hydrogen-bond acceptors (Lipinski definition) is 6. The highest BCUT2D eigenvalue weighted by molar-refractivity contribution is 6.30. The van der Waals surface area contributed by atoms with Crippen molar-refractivity contribution in [1.82, 2.24) is 10.2 Å². The summed E-state index contributed by atoms with van der Waals surface area (Å²) < 4.78 is 5.33. The number of nitrogens with one attached hydrogen (secondary N) is 3. The molecule has 2 aromatic carbocycles. The number of hydrogen-bond donors (Lipinski definition) is 4. The zero-order valence-electron chi connectivity index (χ0n) is 14.4. The fraction of sp³-hybridized carbons (Fsp3) is 0.158. The number of aromatic nitrogens is 2. The minimum Gasteiger partial charge on any atom is -0.491 e. The molecule has 0 aliphatic carbocycles. The van der Waals surface area contributed by atoms with E-state index in [1.165, 1.54) is 0 Å². The smallest absolute Gasteiger partial charge is 0.168 e. The molecule has 1 aromatic heterocycles. The Bertz CT molecular complexity index is 934. The minimum atomic E-state index is -0.0229. The van der Waals surface area contributed by atoms with Gasteiger partial charge in [-0.25, -0.2) is 0 Å². The van der Waals surface area contributed by atoms with Crippen LogP contribution in [0.15, 0.2) is 48.5 Å². The molecule has 0 saturated heterocycles. The molecule has 0 radical (unpaired) electrons. The van der Waals surface area contributed by atoms with E-state index in [1.807, 2.05) is 36.4 Å². The standard InChI is InChI=1S/C19H18ClN5O2/c20-14-2-1-3-15(10-14)23-19-17(11-21)18(24-25-19)22-12-13-4-6-16(7-5-13)27-9-8-26/h1-7,10,26H,8-9,12H2,(H3,22,23,24,25). The fourth-order valence-electron chi connectivity index (χ4n) is 2.43. The van der Waals surface area contributed by atoms with E-state index in [0.29, 0.717) is 34.5 Å². The third-order valence-corrected chi connectivity index (χ3v) is 3.95. The Balaban J connectivity index is 1.65. The number of nitrogens with zero attached hydrogens (tertiary/aromatic N) is 2. The molecule has 0 amide bonds. The summed E-state index contributed by atoms with van der Waals surface area (Å²) in [5.41, 5.74) is 2.15. The molecule has 0 bridgehead atoms. The molecule has 1 heterocycles. The van der Waals surface area contributed by atoms with Crippen LogP contribution in [0.3, 0.4) is 0 Å². The van der Waals surface area contributed by atoms with Gasteiger partial charge in [0.05, 0.1) is 6.61 Å². The molecule has 8 heteroatoms. The molecule has 0 fully saturated rings. The Morgan fingerprint density at radius 2 is 2.04 bits per heavy atom. The Morgan fingerprint density at radius 1 is 1.22 bits per heavy atom. The van der Waals surface area contributed by atoms with Crippen molar-refractivity contribution in [3.63, 3.8) is 0 Å². The van der Waals surface area contributed by atoms with E-state index in [1.54, 1.807) is 12.1 Å². The molecule has 0 atom stereocenters. The molecule has 0 unspecified atom stereocenters. The lowest BCUT2D eigenvalue weighted by Crippen LogP contribution is -2.03. The van der Waals surface area contributed by atoms with E-state index >= 15 is 0 Å². The van der Waals surface area contributed by atoms with Crippen LogP contribution in [-0.4, -0.2) is 28.5 Å². The zero-order valence-corrected chi connectivity index (χ0v) is 15.1. The molecule has 4 N–H and O–H groups in total. The maximum absolute atomic E-state index is 9.48. The summed E-state index contributed by atoms with van der Waals surface area (Å²) in [7, 11) is 0. The monoisotopic (exact) mass is 383 g/mol. The van der Waals surface area contributed by atoms with Gasteiger partial charge in [-0.2, -0.15) is 10.4 Å². The predicted molar refractivity (Wildman–Crippen MR) is 104 cm³/mol. The van der Waals surface area contributed by atoms with Crippen molar-refractivity contribution in [1.29, 1.82) is 5.26 Å². The van der Waals surface area contributed by atoms with Crippen molar-refractivity contribution in [2.45, 2.75) is 6.54 Å². The molecule has 0 saturated carbocycles. The molecule has 138 valence electrons. The summed E-state index contributed by atoms with van der Waals surface area (Å²) in [5, 5.41) is 32.1. The van der Waals surface area contributed by atoms with Gasteiger partial charge in [0.1, 0.15) is 29.8 Å². The van der Waals surface area contributed by atoms with Gasteiger partial charge in [0, 0.05) is 17.3 Å². The number of ether oxygens (including phenoxy) is 1.